The number of hydrogen-bond acceptors (Lipinski definition) is 6. The second-order valence-electron chi connectivity index (χ2n) is 4.79. The van der Waals surface area contributed by atoms with Crippen molar-refractivity contribution < 1.29 is 29.0 Å². The maximum absolute atomic E-state index is 12.3. The van der Waals surface area contributed by atoms with Crippen LogP contribution in [0.3, 0.4) is 0 Å². The summed E-state index contributed by atoms with van der Waals surface area (Å²) in [6.07, 6.45) is 6.10. The molecule has 130 valence electrons. The largest absolute Gasteiger partial charge is 0.478 e. The number of carboxylic acids is 1. The Hall–Kier alpha value is -2.87. The molecule has 0 atom stereocenters. The molecule has 0 fully saturated rings. The molecule has 25 heavy (non-hydrogen) atoms. The van der Waals surface area contributed by atoms with Gasteiger partial charge in [0.1, 0.15) is 5.70 Å². The molecule has 2 rings (SSSR count). The quantitative estimate of drug-likeness (QED) is 0.766. The molecule has 0 unspecified atom stereocenters. The van der Waals surface area contributed by atoms with Crippen LogP contribution in [-0.4, -0.2) is 37.2 Å². The van der Waals surface area contributed by atoms with Crippen LogP contribution in [0.4, 0.5) is 5.69 Å². The van der Waals surface area contributed by atoms with Crippen LogP contribution < -0.4 is 4.90 Å². The molecule has 0 aromatic heterocycles. The predicted octanol–water partition coefficient (Wildman–Crippen LogP) is 2.64. The Balaban J connectivity index is 2.69. The van der Waals surface area contributed by atoms with Crippen LogP contribution in [0.15, 0.2) is 58.4 Å². The fourth-order valence-electron chi connectivity index (χ4n) is 2.19. The number of anilines is 1. The minimum Gasteiger partial charge on any atom is -0.478 e. The number of aromatic carboxylic acids is 1. The van der Waals surface area contributed by atoms with Crippen LogP contribution in [0, 0.1) is 0 Å². The van der Waals surface area contributed by atoms with Gasteiger partial charge in [-0.05, 0) is 46.3 Å². The fourth-order valence-corrected chi connectivity index (χ4v) is 2.61. The monoisotopic (exact) mass is 407 g/mol. The van der Waals surface area contributed by atoms with E-state index < -0.39 is 17.9 Å². The standard InChI is InChI=1S/C17H14BrNO6/c1-24-16(22)11-5-3-4-8-19(14(11)17(23)25-2)10-6-7-13(18)12(9-10)15(20)21/h3-9H,1-2H3,(H,20,21). The predicted molar refractivity (Wildman–Crippen MR) is 92.9 cm³/mol. The molecule has 0 spiro atoms. The van der Waals surface area contributed by atoms with E-state index in [1.165, 1.54) is 43.5 Å². The van der Waals surface area contributed by atoms with Crippen molar-refractivity contribution in [2.45, 2.75) is 0 Å². The summed E-state index contributed by atoms with van der Waals surface area (Å²) in [7, 11) is 2.38. The first kappa shape index (κ1) is 18.5. The summed E-state index contributed by atoms with van der Waals surface area (Å²) >= 11 is 3.17. The lowest BCUT2D eigenvalue weighted by Crippen LogP contribution is -2.27. The number of esters is 2. The van der Waals surface area contributed by atoms with Crippen molar-refractivity contribution in [2.24, 2.45) is 0 Å². The Morgan fingerprint density at radius 3 is 2.36 bits per heavy atom. The topological polar surface area (TPSA) is 93.1 Å². The summed E-state index contributed by atoms with van der Waals surface area (Å²) < 4.78 is 9.89. The lowest BCUT2D eigenvalue weighted by Gasteiger charge is -2.23. The average molecular weight is 408 g/mol. The summed E-state index contributed by atoms with van der Waals surface area (Å²) in [5.41, 5.74) is 0.270. The normalized spacial score (nSPS) is 13.5. The van der Waals surface area contributed by atoms with Crippen molar-refractivity contribution in [3.05, 3.63) is 63.9 Å². The van der Waals surface area contributed by atoms with Crippen LogP contribution in [-0.2, 0) is 19.1 Å². The molecule has 1 aliphatic rings. The summed E-state index contributed by atoms with van der Waals surface area (Å²) in [6, 6.07) is 4.52. The van der Waals surface area contributed by atoms with Gasteiger partial charge in [-0.25, -0.2) is 14.4 Å². The molecule has 0 aliphatic carbocycles. The van der Waals surface area contributed by atoms with Crippen molar-refractivity contribution in [2.75, 3.05) is 19.1 Å². The van der Waals surface area contributed by atoms with E-state index in [-0.39, 0.29) is 16.8 Å². The number of benzene rings is 1. The van der Waals surface area contributed by atoms with Crippen LogP contribution in [0.25, 0.3) is 0 Å². The van der Waals surface area contributed by atoms with Gasteiger partial charge < -0.3 is 19.5 Å². The maximum atomic E-state index is 12.3. The van der Waals surface area contributed by atoms with Crippen molar-refractivity contribution in [1.82, 2.24) is 0 Å². The van der Waals surface area contributed by atoms with Crippen molar-refractivity contribution in [3.63, 3.8) is 0 Å². The molecule has 1 N–H and O–H groups in total. The molecule has 0 saturated heterocycles. The van der Waals surface area contributed by atoms with Gasteiger partial charge in [0, 0.05) is 16.4 Å². The second kappa shape index (κ2) is 7.80. The lowest BCUT2D eigenvalue weighted by atomic mass is 10.1. The minimum atomic E-state index is -1.14. The van der Waals surface area contributed by atoms with Gasteiger partial charge in [-0.1, -0.05) is 6.08 Å². The third-order valence-corrected chi connectivity index (χ3v) is 4.04. The van der Waals surface area contributed by atoms with E-state index in [9.17, 15) is 19.5 Å². The second-order valence-corrected chi connectivity index (χ2v) is 5.64. The van der Waals surface area contributed by atoms with Gasteiger partial charge in [0.15, 0.2) is 0 Å². The molecule has 1 aromatic carbocycles. The molecular weight excluding hydrogens is 394 g/mol. The van der Waals surface area contributed by atoms with Crippen molar-refractivity contribution in [1.29, 1.82) is 0 Å². The van der Waals surface area contributed by atoms with E-state index >= 15 is 0 Å². The molecule has 1 aliphatic heterocycles. The molecule has 0 saturated carbocycles. The van der Waals surface area contributed by atoms with E-state index in [4.69, 9.17) is 9.47 Å². The molecular formula is C17H14BrNO6. The van der Waals surface area contributed by atoms with E-state index in [2.05, 4.69) is 15.9 Å². The molecule has 0 amide bonds. The number of ether oxygens (including phenoxy) is 2. The van der Waals surface area contributed by atoms with Crippen LogP contribution in [0.1, 0.15) is 10.4 Å². The van der Waals surface area contributed by atoms with Gasteiger partial charge in [-0.3, -0.25) is 0 Å². The maximum Gasteiger partial charge on any atom is 0.355 e. The van der Waals surface area contributed by atoms with Gasteiger partial charge >= 0.3 is 17.9 Å². The Morgan fingerprint density at radius 1 is 1.08 bits per heavy atom. The number of carbonyl (C=O) groups is 3. The summed E-state index contributed by atoms with van der Waals surface area (Å²) in [4.78, 5) is 37.1. The van der Waals surface area contributed by atoms with Gasteiger partial charge in [-0.15, -0.1) is 0 Å². The van der Waals surface area contributed by atoms with Gasteiger partial charge in [0.05, 0.1) is 25.4 Å². The number of nitrogens with zero attached hydrogens (tertiary/aromatic N) is 1. The smallest absolute Gasteiger partial charge is 0.355 e. The molecule has 8 heteroatoms. The Kier molecular flexibility index (Phi) is 5.76. The van der Waals surface area contributed by atoms with E-state index in [1.54, 1.807) is 18.2 Å². The number of methoxy groups -OCH3 is 2. The molecule has 7 nitrogen and oxygen atoms in total. The number of halogens is 1. The summed E-state index contributed by atoms with van der Waals surface area (Å²) in [5.74, 6) is -2.63. The highest BCUT2D eigenvalue weighted by Crippen LogP contribution is 2.29. The SMILES string of the molecule is COC(=O)C1=C(C(=O)OC)N(c2ccc(Br)c(C(=O)O)c2)C=CC=C1. The highest BCUT2D eigenvalue weighted by Gasteiger charge is 2.28. The first-order valence-electron chi connectivity index (χ1n) is 6.98. The number of rotatable bonds is 4. The number of carboxylic acid groups (broad SMARTS) is 1. The number of allylic oxidation sites excluding steroid dienone is 2. The van der Waals surface area contributed by atoms with Crippen molar-refractivity contribution in [3.8, 4) is 0 Å². The molecule has 1 aromatic rings. The third-order valence-electron chi connectivity index (χ3n) is 3.35. The molecule has 0 bridgehead atoms. The van der Waals surface area contributed by atoms with E-state index in [1.807, 2.05) is 0 Å². The lowest BCUT2D eigenvalue weighted by molar-refractivity contribution is -0.139. The van der Waals surface area contributed by atoms with Gasteiger partial charge in [0.2, 0.25) is 0 Å². The summed E-state index contributed by atoms with van der Waals surface area (Å²) in [6.45, 7) is 0. The van der Waals surface area contributed by atoms with Crippen LogP contribution in [0.5, 0.6) is 0 Å². The Bertz CT molecular complexity index is 824. The zero-order chi connectivity index (χ0) is 18.6. The van der Waals surface area contributed by atoms with Crippen LogP contribution >= 0.6 is 15.9 Å². The van der Waals surface area contributed by atoms with Gasteiger partial charge in [0.25, 0.3) is 0 Å². The first-order valence-corrected chi connectivity index (χ1v) is 7.77. The minimum absolute atomic E-state index is 0.00643. The fraction of sp³-hybridized carbons (Fsp3) is 0.118. The van der Waals surface area contributed by atoms with Crippen LogP contribution in [0.2, 0.25) is 0 Å². The summed E-state index contributed by atoms with van der Waals surface area (Å²) in [5, 5.41) is 9.29. The zero-order valence-corrected chi connectivity index (χ0v) is 14.9. The van der Waals surface area contributed by atoms with Crippen molar-refractivity contribution >= 4 is 39.5 Å². The third kappa shape index (κ3) is 3.80. The Morgan fingerprint density at radius 2 is 1.76 bits per heavy atom. The highest BCUT2D eigenvalue weighted by molar-refractivity contribution is 9.10. The first-order chi connectivity index (χ1) is 11.9. The van der Waals surface area contributed by atoms with E-state index in [0.717, 1.165) is 0 Å². The highest BCUT2D eigenvalue weighted by atomic mass is 79.9. The van der Waals surface area contributed by atoms with E-state index in [0.29, 0.717) is 10.2 Å². The number of hydrogen-bond donors (Lipinski definition) is 1. The molecule has 1 heterocycles. The Labute approximate surface area is 152 Å². The zero-order valence-electron chi connectivity index (χ0n) is 13.4. The molecule has 0 radical (unpaired) electrons. The number of carbonyl (C=O) groups excluding carboxylic acids is 2. The van der Waals surface area contributed by atoms with Gasteiger partial charge in [-0.2, -0.15) is 0 Å². The average Bonchev–Trinajstić information content (AvgIpc) is 2.83.